The number of nitrogens with zero attached hydrogens (tertiary/aromatic N) is 3. The van der Waals surface area contributed by atoms with Gasteiger partial charge in [-0.1, -0.05) is 13.8 Å². The predicted molar refractivity (Wildman–Crippen MR) is 82.7 cm³/mol. The van der Waals surface area contributed by atoms with Crippen molar-refractivity contribution in [3.8, 4) is 11.4 Å². The van der Waals surface area contributed by atoms with E-state index in [4.69, 9.17) is 10.5 Å². The molecule has 2 heterocycles. The van der Waals surface area contributed by atoms with Crippen LogP contribution < -0.4 is 10.5 Å². The minimum atomic E-state index is 0.502. The molecular weight excluding hydrogens is 266 g/mol. The summed E-state index contributed by atoms with van der Waals surface area (Å²) in [7, 11) is 1.65. The maximum Gasteiger partial charge on any atom is 0.186 e. The Morgan fingerprint density at radius 2 is 2.00 bits per heavy atom. The molecule has 0 saturated carbocycles. The van der Waals surface area contributed by atoms with Crippen LogP contribution in [0.1, 0.15) is 19.5 Å². The zero-order chi connectivity index (χ0) is 15.0. The first-order valence-corrected chi connectivity index (χ1v) is 6.96. The van der Waals surface area contributed by atoms with Crippen molar-refractivity contribution in [3.63, 3.8) is 0 Å². The molecule has 2 aromatic heterocycles. The Morgan fingerprint density at radius 1 is 1.29 bits per heavy atom. The summed E-state index contributed by atoms with van der Waals surface area (Å²) >= 11 is 0. The van der Waals surface area contributed by atoms with Gasteiger partial charge in [0, 0.05) is 0 Å². The molecule has 3 aromatic rings. The Balaban J connectivity index is 2.13. The summed E-state index contributed by atoms with van der Waals surface area (Å²) in [6.45, 7) is 4.32. The monoisotopic (exact) mass is 285 g/mol. The van der Waals surface area contributed by atoms with Crippen LogP contribution in [0.25, 0.3) is 16.7 Å². The molecule has 0 fully saturated rings. The first-order valence-electron chi connectivity index (χ1n) is 6.96. The van der Waals surface area contributed by atoms with E-state index in [2.05, 4.69) is 29.1 Å². The zero-order valence-electron chi connectivity index (χ0n) is 12.4. The van der Waals surface area contributed by atoms with Crippen LogP contribution in [0, 0.1) is 5.92 Å². The van der Waals surface area contributed by atoms with Crippen molar-refractivity contribution >= 4 is 16.9 Å². The average Bonchev–Trinajstić information content (AvgIpc) is 3.01. The number of hydrogen-bond donors (Lipinski definition) is 2. The molecule has 0 radical (unpaired) electrons. The highest BCUT2D eigenvalue weighted by Gasteiger charge is 2.18. The molecule has 0 amide bonds. The summed E-state index contributed by atoms with van der Waals surface area (Å²) < 4.78 is 7.00. The van der Waals surface area contributed by atoms with Crippen molar-refractivity contribution < 1.29 is 4.74 Å². The van der Waals surface area contributed by atoms with Crippen LogP contribution in [0.5, 0.6) is 5.75 Å². The number of nitrogen functional groups attached to an aromatic ring is 1. The summed E-state index contributed by atoms with van der Waals surface area (Å²) in [6.07, 6.45) is 0.864. The van der Waals surface area contributed by atoms with E-state index < -0.39 is 0 Å². The van der Waals surface area contributed by atoms with E-state index in [0.29, 0.717) is 11.7 Å². The maximum absolute atomic E-state index is 6.00. The van der Waals surface area contributed by atoms with Gasteiger partial charge in [-0.2, -0.15) is 10.2 Å². The van der Waals surface area contributed by atoms with Crippen LogP contribution in [0.2, 0.25) is 0 Å². The molecule has 0 saturated heterocycles. The number of benzene rings is 1. The summed E-state index contributed by atoms with van der Waals surface area (Å²) in [5.41, 5.74) is 8.66. The van der Waals surface area contributed by atoms with Gasteiger partial charge in [0.15, 0.2) is 5.65 Å². The number of fused-ring (bicyclic) bond motifs is 1. The molecule has 0 atom stereocenters. The second kappa shape index (κ2) is 5.12. The molecule has 0 aliphatic heterocycles. The van der Waals surface area contributed by atoms with Gasteiger partial charge in [0.1, 0.15) is 11.6 Å². The van der Waals surface area contributed by atoms with E-state index in [0.717, 1.165) is 34.6 Å². The summed E-state index contributed by atoms with van der Waals surface area (Å²) in [4.78, 5) is 0. The fourth-order valence-electron chi connectivity index (χ4n) is 2.43. The minimum absolute atomic E-state index is 0.502. The lowest BCUT2D eigenvalue weighted by Crippen LogP contribution is -2.01. The predicted octanol–water partition coefficient (Wildman–Crippen LogP) is 2.54. The third kappa shape index (κ3) is 2.33. The van der Waals surface area contributed by atoms with Crippen molar-refractivity contribution in [3.05, 3.63) is 30.0 Å². The molecular formula is C15H19N5O. The Kier molecular flexibility index (Phi) is 3.29. The summed E-state index contributed by atoms with van der Waals surface area (Å²) in [5, 5.41) is 12.7. The highest BCUT2D eigenvalue weighted by atomic mass is 16.5. The molecule has 110 valence electrons. The second-order valence-corrected chi connectivity index (χ2v) is 5.49. The zero-order valence-corrected chi connectivity index (χ0v) is 12.4. The van der Waals surface area contributed by atoms with E-state index in [1.807, 2.05) is 28.9 Å². The molecule has 3 rings (SSSR count). The lowest BCUT2D eigenvalue weighted by atomic mass is 10.1. The number of hydrogen-bond acceptors (Lipinski definition) is 4. The summed E-state index contributed by atoms with van der Waals surface area (Å²) in [5.74, 6) is 1.88. The van der Waals surface area contributed by atoms with E-state index >= 15 is 0 Å². The highest BCUT2D eigenvalue weighted by molar-refractivity contribution is 5.90. The van der Waals surface area contributed by atoms with Gasteiger partial charge in [-0.3, -0.25) is 5.10 Å². The van der Waals surface area contributed by atoms with Gasteiger partial charge >= 0.3 is 0 Å². The number of H-pyrrole nitrogens is 1. The normalized spacial score (nSPS) is 11.4. The molecule has 6 heteroatoms. The van der Waals surface area contributed by atoms with E-state index in [-0.39, 0.29) is 0 Å². The van der Waals surface area contributed by atoms with E-state index in [1.165, 1.54) is 0 Å². The van der Waals surface area contributed by atoms with Gasteiger partial charge in [-0.25, -0.2) is 4.68 Å². The van der Waals surface area contributed by atoms with Gasteiger partial charge < -0.3 is 10.5 Å². The van der Waals surface area contributed by atoms with Crippen molar-refractivity contribution in [1.82, 2.24) is 20.0 Å². The fraction of sp³-hybridized carbons (Fsp3) is 0.333. The molecule has 0 bridgehead atoms. The number of nitrogens with one attached hydrogen (secondary N) is 1. The average molecular weight is 285 g/mol. The molecule has 3 N–H and O–H groups in total. The number of aromatic nitrogens is 4. The van der Waals surface area contributed by atoms with E-state index in [9.17, 15) is 0 Å². The van der Waals surface area contributed by atoms with Crippen molar-refractivity contribution in [1.29, 1.82) is 0 Å². The van der Waals surface area contributed by atoms with Crippen LogP contribution in [0.4, 0.5) is 5.82 Å². The molecule has 1 aromatic carbocycles. The number of methoxy groups -OCH3 is 1. The van der Waals surface area contributed by atoms with Gasteiger partial charge in [-0.05, 0) is 36.6 Å². The minimum Gasteiger partial charge on any atom is -0.497 e. The first-order chi connectivity index (χ1) is 10.1. The van der Waals surface area contributed by atoms with Crippen molar-refractivity contribution in [2.24, 2.45) is 5.92 Å². The Labute approximate surface area is 122 Å². The fourth-order valence-corrected chi connectivity index (χ4v) is 2.43. The lowest BCUT2D eigenvalue weighted by Gasteiger charge is -2.04. The topological polar surface area (TPSA) is 81.8 Å². The Hall–Kier alpha value is -2.50. The van der Waals surface area contributed by atoms with E-state index in [1.54, 1.807) is 7.11 Å². The largest absolute Gasteiger partial charge is 0.497 e. The molecule has 21 heavy (non-hydrogen) atoms. The van der Waals surface area contributed by atoms with Crippen molar-refractivity contribution in [2.75, 3.05) is 12.8 Å². The summed E-state index contributed by atoms with van der Waals surface area (Å²) in [6, 6.07) is 7.71. The third-order valence-electron chi connectivity index (χ3n) is 3.40. The Bertz CT molecular complexity index is 754. The van der Waals surface area contributed by atoms with Crippen LogP contribution in [-0.4, -0.2) is 27.1 Å². The van der Waals surface area contributed by atoms with Crippen LogP contribution in [0.15, 0.2) is 24.3 Å². The standard InChI is InChI=1S/C15H19N5O/c1-9(2)8-12-13-14(16)17-18-15(13)20(19-12)10-4-6-11(21-3)7-5-10/h4-7,9H,8H2,1-3H3,(H3,16,17,18). The number of ether oxygens (including phenoxy) is 1. The van der Waals surface area contributed by atoms with Crippen LogP contribution in [0.3, 0.4) is 0 Å². The second-order valence-electron chi connectivity index (χ2n) is 5.49. The lowest BCUT2D eigenvalue weighted by molar-refractivity contribution is 0.414. The van der Waals surface area contributed by atoms with Gasteiger partial charge in [0.2, 0.25) is 0 Å². The maximum atomic E-state index is 6.00. The highest BCUT2D eigenvalue weighted by Crippen LogP contribution is 2.27. The third-order valence-corrected chi connectivity index (χ3v) is 3.40. The van der Waals surface area contributed by atoms with Gasteiger partial charge in [0.25, 0.3) is 0 Å². The number of nitrogens with two attached hydrogens (primary N) is 1. The van der Waals surface area contributed by atoms with Gasteiger partial charge in [-0.15, -0.1) is 0 Å². The van der Waals surface area contributed by atoms with Crippen LogP contribution in [-0.2, 0) is 6.42 Å². The SMILES string of the molecule is COc1ccc(-n2nc(CC(C)C)c3c(N)[nH]nc32)cc1. The molecule has 0 spiro atoms. The smallest absolute Gasteiger partial charge is 0.186 e. The number of anilines is 1. The molecule has 0 aliphatic rings. The Morgan fingerprint density at radius 3 is 2.62 bits per heavy atom. The molecule has 0 aliphatic carbocycles. The quantitative estimate of drug-likeness (QED) is 0.771. The van der Waals surface area contributed by atoms with Crippen LogP contribution >= 0.6 is 0 Å². The van der Waals surface area contributed by atoms with Crippen molar-refractivity contribution in [2.45, 2.75) is 20.3 Å². The molecule has 0 unspecified atom stereocenters. The number of aromatic amines is 1. The first kappa shape index (κ1) is 13.5. The molecule has 6 nitrogen and oxygen atoms in total. The van der Waals surface area contributed by atoms with Gasteiger partial charge in [0.05, 0.1) is 23.9 Å². The number of rotatable bonds is 4.